The van der Waals surface area contributed by atoms with Gasteiger partial charge < -0.3 is 4.57 Å². The maximum Gasteiger partial charge on any atom is 0.124 e. The summed E-state index contributed by atoms with van der Waals surface area (Å²) in [4.78, 5) is 4.57. The molecule has 0 N–H and O–H groups in total. The first kappa shape index (κ1) is 12.5. The SMILES string of the molecule is CCC1(Cn2c(CCl)nc3ccc(C#N)cc32)CC1. The van der Waals surface area contributed by atoms with Crippen LogP contribution in [0.4, 0.5) is 0 Å². The molecule has 3 rings (SSSR count). The fourth-order valence-electron chi connectivity index (χ4n) is 2.66. The number of hydrogen-bond donors (Lipinski definition) is 0. The summed E-state index contributed by atoms with van der Waals surface area (Å²) in [5, 5.41) is 9.04. The molecule has 98 valence electrons. The molecule has 1 aromatic carbocycles. The van der Waals surface area contributed by atoms with Crippen LogP contribution in [0.15, 0.2) is 18.2 Å². The Morgan fingerprint density at radius 2 is 2.26 bits per heavy atom. The predicted molar refractivity (Wildman–Crippen MR) is 76.0 cm³/mol. The summed E-state index contributed by atoms with van der Waals surface area (Å²) in [6, 6.07) is 7.83. The van der Waals surface area contributed by atoms with E-state index in [1.165, 1.54) is 19.3 Å². The van der Waals surface area contributed by atoms with Crippen LogP contribution in [0.3, 0.4) is 0 Å². The highest BCUT2D eigenvalue weighted by molar-refractivity contribution is 6.16. The monoisotopic (exact) mass is 273 g/mol. The zero-order valence-electron chi connectivity index (χ0n) is 11.0. The fraction of sp³-hybridized carbons (Fsp3) is 0.467. The van der Waals surface area contributed by atoms with Gasteiger partial charge in [0.1, 0.15) is 5.82 Å². The predicted octanol–water partition coefficient (Wildman–Crippen LogP) is 3.84. The van der Waals surface area contributed by atoms with Crippen LogP contribution in [0.25, 0.3) is 11.0 Å². The Kier molecular flexibility index (Phi) is 2.99. The normalized spacial score (nSPS) is 16.5. The third kappa shape index (κ3) is 2.11. The second-order valence-corrected chi connectivity index (χ2v) is 5.68. The van der Waals surface area contributed by atoms with Crippen molar-refractivity contribution < 1.29 is 0 Å². The summed E-state index contributed by atoms with van der Waals surface area (Å²) in [6.45, 7) is 3.21. The number of alkyl halides is 1. The highest BCUT2D eigenvalue weighted by atomic mass is 35.5. The van der Waals surface area contributed by atoms with Crippen LogP contribution >= 0.6 is 11.6 Å². The van der Waals surface area contributed by atoms with Gasteiger partial charge in [0.05, 0.1) is 28.5 Å². The Morgan fingerprint density at radius 1 is 1.47 bits per heavy atom. The average molecular weight is 274 g/mol. The first-order valence-electron chi connectivity index (χ1n) is 6.66. The van der Waals surface area contributed by atoms with Crippen molar-refractivity contribution in [3.05, 3.63) is 29.6 Å². The first-order chi connectivity index (χ1) is 9.21. The summed E-state index contributed by atoms with van der Waals surface area (Å²) < 4.78 is 2.21. The van der Waals surface area contributed by atoms with Gasteiger partial charge in [0.25, 0.3) is 0 Å². The second-order valence-electron chi connectivity index (χ2n) is 5.42. The first-order valence-corrected chi connectivity index (χ1v) is 7.20. The molecule has 0 unspecified atom stereocenters. The average Bonchev–Trinajstić information content (AvgIpc) is 3.15. The van der Waals surface area contributed by atoms with Crippen LogP contribution in [0.5, 0.6) is 0 Å². The molecule has 0 aliphatic heterocycles. The molecule has 0 radical (unpaired) electrons. The zero-order valence-corrected chi connectivity index (χ0v) is 11.7. The van der Waals surface area contributed by atoms with Gasteiger partial charge in [0.15, 0.2) is 0 Å². The quantitative estimate of drug-likeness (QED) is 0.794. The minimum absolute atomic E-state index is 0.413. The number of aromatic nitrogens is 2. The van der Waals surface area contributed by atoms with Gasteiger partial charge in [-0.2, -0.15) is 5.26 Å². The van der Waals surface area contributed by atoms with Crippen LogP contribution < -0.4 is 0 Å². The molecule has 1 aliphatic carbocycles. The summed E-state index contributed by atoms with van der Waals surface area (Å²) >= 11 is 6.02. The minimum atomic E-state index is 0.413. The van der Waals surface area contributed by atoms with Gasteiger partial charge in [0, 0.05) is 6.54 Å². The van der Waals surface area contributed by atoms with E-state index in [-0.39, 0.29) is 0 Å². The summed E-state index contributed by atoms with van der Waals surface area (Å²) in [5.74, 6) is 1.32. The number of fused-ring (bicyclic) bond motifs is 1. The van der Waals surface area contributed by atoms with Gasteiger partial charge in [-0.15, -0.1) is 11.6 Å². The van der Waals surface area contributed by atoms with Crippen LogP contribution in [0.1, 0.15) is 37.6 Å². The van der Waals surface area contributed by atoms with Gasteiger partial charge in [-0.05, 0) is 42.9 Å². The van der Waals surface area contributed by atoms with Gasteiger partial charge in [-0.25, -0.2) is 4.98 Å². The van der Waals surface area contributed by atoms with E-state index in [0.29, 0.717) is 16.9 Å². The number of rotatable bonds is 4. The van der Waals surface area contributed by atoms with Crippen molar-refractivity contribution in [2.24, 2.45) is 5.41 Å². The van der Waals surface area contributed by atoms with Crippen molar-refractivity contribution in [1.29, 1.82) is 5.26 Å². The van der Waals surface area contributed by atoms with Crippen molar-refractivity contribution >= 4 is 22.6 Å². The van der Waals surface area contributed by atoms with Gasteiger partial charge in [-0.3, -0.25) is 0 Å². The molecule has 0 atom stereocenters. The van der Waals surface area contributed by atoms with Crippen LogP contribution in [-0.2, 0) is 12.4 Å². The van der Waals surface area contributed by atoms with E-state index in [4.69, 9.17) is 16.9 Å². The van der Waals surface area contributed by atoms with Crippen molar-refractivity contribution in [3.63, 3.8) is 0 Å². The van der Waals surface area contributed by atoms with Gasteiger partial charge >= 0.3 is 0 Å². The minimum Gasteiger partial charge on any atom is -0.326 e. The molecule has 1 saturated carbocycles. The van der Waals surface area contributed by atoms with Gasteiger partial charge in [0.2, 0.25) is 0 Å². The van der Waals surface area contributed by atoms with E-state index < -0.39 is 0 Å². The third-order valence-corrected chi connectivity index (χ3v) is 4.52. The number of nitrogens with zero attached hydrogens (tertiary/aromatic N) is 3. The fourth-order valence-corrected chi connectivity index (χ4v) is 2.86. The molecule has 1 fully saturated rings. The molecule has 0 bridgehead atoms. The Labute approximate surface area is 117 Å². The van der Waals surface area contributed by atoms with E-state index >= 15 is 0 Å². The van der Waals surface area contributed by atoms with Crippen molar-refractivity contribution in [2.45, 2.75) is 38.6 Å². The summed E-state index contributed by atoms with van der Waals surface area (Å²) in [6.07, 6.45) is 3.75. The molecular weight excluding hydrogens is 258 g/mol. The van der Waals surface area contributed by atoms with E-state index in [0.717, 1.165) is 23.4 Å². The Balaban J connectivity index is 2.11. The number of halogens is 1. The molecule has 1 aromatic heterocycles. The molecule has 4 heteroatoms. The van der Waals surface area contributed by atoms with E-state index in [9.17, 15) is 0 Å². The number of benzene rings is 1. The lowest BCUT2D eigenvalue weighted by Crippen LogP contribution is -2.12. The molecular formula is C15H16ClN3. The van der Waals surface area contributed by atoms with Crippen molar-refractivity contribution in [3.8, 4) is 6.07 Å². The maximum atomic E-state index is 9.04. The number of hydrogen-bond acceptors (Lipinski definition) is 2. The lowest BCUT2D eigenvalue weighted by molar-refractivity contribution is 0.410. The highest BCUT2D eigenvalue weighted by Gasteiger charge is 2.41. The van der Waals surface area contributed by atoms with E-state index in [1.807, 2.05) is 18.2 Å². The Bertz CT molecular complexity index is 662. The van der Waals surface area contributed by atoms with Crippen LogP contribution in [0, 0.1) is 16.7 Å². The molecule has 19 heavy (non-hydrogen) atoms. The van der Waals surface area contributed by atoms with Gasteiger partial charge in [-0.1, -0.05) is 6.92 Å². The molecule has 1 heterocycles. The lowest BCUT2D eigenvalue weighted by Gasteiger charge is -2.16. The second kappa shape index (κ2) is 4.54. The Morgan fingerprint density at radius 3 is 2.84 bits per heavy atom. The largest absolute Gasteiger partial charge is 0.326 e. The highest BCUT2D eigenvalue weighted by Crippen LogP contribution is 2.50. The van der Waals surface area contributed by atoms with Crippen molar-refractivity contribution in [1.82, 2.24) is 9.55 Å². The standard InChI is InChI=1S/C15H16ClN3/c1-2-15(5-6-15)10-19-13-7-11(9-17)3-4-12(13)18-14(19)8-16/h3-4,7H,2,5-6,8,10H2,1H3. The lowest BCUT2D eigenvalue weighted by atomic mass is 10.0. The molecule has 2 aromatic rings. The smallest absolute Gasteiger partial charge is 0.124 e. The molecule has 1 aliphatic rings. The van der Waals surface area contributed by atoms with Crippen LogP contribution in [0.2, 0.25) is 0 Å². The number of nitriles is 1. The molecule has 0 amide bonds. The van der Waals surface area contributed by atoms with Crippen molar-refractivity contribution in [2.75, 3.05) is 0 Å². The summed E-state index contributed by atoms with van der Waals surface area (Å²) in [5.41, 5.74) is 3.07. The van der Waals surface area contributed by atoms with E-state index in [1.54, 1.807) is 0 Å². The van der Waals surface area contributed by atoms with E-state index in [2.05, 4.69) is 22.5 Å². The molecule has 0 saturated heterocycles. The Hall–Kier alpha value is -1.53. The molecule has 0 spiro atoms. The molecule has 3 nitrogen and oxygen atoms in total. The summed E-state index contributed by atoms with van der Waals surface area (Å²) in [7, 11) is 0. The third-order valence-electron chi connectivity index (χ3n) is 4.28. The number of imidazole rings is 1. The topological polar surface area (TPSA) is 41.6 Å². The maximum absolute atomic E-state index is 9.04. The zero-order chi connectivity index (χ0) is 13.5. The van der Waals surface area contributed by atoms with Crippen LogP contribution in [-0.4, -0.2) is 9.55 Å².